The van der Waals surface area contributed by atoms with Crippen molar-refractivity contribution in [1.82, 2.24) is 9.21 Å². The maximum Gasteiger partial charge on any atom is 0.243 e. The molecule has 0 bridgehead atoms. The van der Waals surface area contributed by atoms with Crippen molar-refractivity contribution in [2.45, 2.75) is 37.3 Å². The Morgan fingerprint density at radius 1 is 1.38 bits per heavy atom. The van der Waals surface area contributed by atoms with Gasteiger partial charge in [-0.2, -0.15) is 4.31 Å². The molecule has 1 aromatic rings. The first-order chi connectivity index (χ1) is 9.86. The van der Waals surface area contributed by atoms with E-state index in [2.05, 4.69) is 11.8 Å². The molecule has 1 aliphatic heterocycles. The van der Waals surface area contributed by atoms with E-state index in [1.807, 2.05) is 7.05 Å². The summed E-state index contributed by atoms with van der Waals surface area (Å²) in [5, 5.41) is 9.62. The summed E-state index contributed by atoms with van der Waals surface area (Å²) in [6.07, 6.45) is 0.256. The minimum Gasteiger partial charge on any atom is -0.389 e. The van der Waals surface area contributed by atoms with Gasteiger partial charge in [0.25, 0.3) is 0 Å². The molecule has 0 radical (unpaired) electrons. The number of aliphatic hydroxyl groups is 1. The number of nitrogens with zero attached hydrogens (tertiary/aromatic N) is 2. The van der Waals surface area contributed by atoms with Gasteiger partial charge < -0.3 is 10.0 Å². The Bertz CT molecular complexity index is 586. The molecule has 1 saturated heterocycles. The van der Waals surface area contributed by atoms with E-state index in [1.165, 1.54) is 0 Å². The summed E-state index contributed by atoms with van der Waals surface area (Å²) < 4.78 is 27.1. The molecule has 0 amide bonds. The molecule has 0 spiro atoms. The van der Waals surface area contributed by atoms with Crippen LogP contribution in [0.25, 0.3) is 0 Å². The zero-order valence-electron chi connectivity index (χ0n) is 12.9. The normalized spacial score (nSPS) is 23.1. The molecule has 1 heterocycles. The van der Waals surface area contributed by atoms with Crippen LogP contribution in [-0.2, 0) is 10.0 Å². The lowest BCUT2D eigenvalue weighted by molar-refractivity contribution is 0.144. The highest BCUT2D eigenvalue weighted by molar-refractivity contribution is 7.89. The molecule has 1 aromatic carbocycles. The molecule has 118 valence electrons. The molecule has 0 aliphatic carbocycles. The van der Waals surface area contributed by atoms with Gasteiger partial charge in [-0.25, -0.2) is 8.42 Å². The lowest BCUT2D eigenvalue weighted by Crippen LogP contribution is -2.52. The zero-order valence-corrected chi connectivity index (χ0v) is 13.7. The molecule has 0 saturated carbocycles. The van der Waals surface area contributed by atoms with E-state index in [-0.39, 0.29) is 10.9 Å². The third-order valence-corrected chi connectivity index (χ3v) is 6.05. The maximum absolute atomic E-state index is 12.8. The Kier molecular flexibility index (Phi) is 5.03. The maximum atomic E-state index is 12.8. The minimum absolute atomic E-state index is 0.258. The minimum atomic E-state index is -3.49. The van der Waals surface area contributed by atoms with Crippen molar-refractivity contribution in [1.29, 1.82) is 0 Å². The summed E-state index contributed by atoms with van der Waals surface area (Å²) in [7, 11) is -1.46. The van der Waals surface area contributed by atoms with Crippen LogP contribution in [0.3, 0.4) is 0 Å². The van der Waals surface area contributed by atoms with Crippen molar-refractivity contribution in [3.05, 3.63) is 29.8 Å². The summed E-state index contributed by atoms with van der Waals surface area (Å²) in [6.45, 7) is 5.48. The average Bonchev–Trinajstić information content (AvgIpc) is 2.47. The first kappa shape index (κ1) is 16.4. The van der Waals surface area contributed by atoms with Crippen molar-refractivity contribution >= 4 is 10.0 Å². The Morgan fingerprint density at radius 3 is 2.71 bits per heavy atom. The summed E-state index contributed by atoms with van der Waals surface area (Å²) in [6, 6.07) is 6.85. The number of benzene rings is 1. The molecule has 1 N–H and O–H groups in total. The first-order valence-electron chi connectivity index (χ1n) is 7.34. The average molecular weight is 312 g/mol. The number of rotatable bonds is 4. The predicted molar refractivity (Wildman–Crippen MR) is 82.5 cm³/mol. The smallest absolute Gasteiger partial charge is 0.243 e. The Hall–Kier alpha value is -0.950. The number of aliphatic hydroxyl groups excluding tert-OH is 1. The molecule has 0 aromatic heterocycles. The molecule has 2 rings (SSSR count). The van der Waals surface area contributed by atoms with Gasteiger partial charge in [0, 0.05) is 25.7 Å². The Balaban J connectivity index is 2.27. The van der Waals surface area contributed by atoms with Crippen molar-refractivity contribution < 1.29 is 13.5 Å². The predicted octanol–water partition coefficient (Wildman–Crippen LogP) is 1.45. The molecule has 2 unspecified atom stereocenters. The van der Waals surface area contributed by atoms with E-state index < -0.39 is 16.1 Å². The van der Waals surface area contributed by atoms with Crippen LogP contribution in [0.2, 0.25) is 0 Å². The monoisotopic (exact) mass is 312 g/mol. The van der Waals surface area contributed by atoms with Crippen LogP contribution >= 0.6 is 0 Å². The molecule has 1 aliphatic rings. The fourth-order valence-electron chi connectivity index (χ4n) is 2.66. The second-order valence-corrected chi connectivity index (χ2v) is 7.59. The van der Waals surface area contributed by atoms with Gasteiger partial charge >= 0.3 is 0 Å². The van der Waals surface area contributed by atoms with E-state index in [9.17, 15) is 13.5 Å². The standard InChI is InChI=1S/C15H24N2O3S/c1-4-14-11-17(9-8-16(14)3)21(19,20)15-7-5-6-13(10-15)12(2)18/h5-7,10,12,14,18H,4,8-9,11H2,1-3H3. The summed E-state index contributed by atoms with van der Waals surface area (Å²) in [5.74, 6) is 0. The zero-order chi connectivity index (χ0) is 15.6. The molecule has 2 atom stereocenters. The van der Waals surface area contributed by atoms with Gasteiger partial charge in [0.05, 0.1) is 11.0 Å². The van der Waals surface area contributed by atoms with Crippen molar-refractivity contribution in [2.75, 3.05) is 26.7 Å². The van der Waals surface area contributed by atoms with E-state index in [4.69, 9.17) is 0 Å². The van der Waals surface area contributed by atoms with Gasteiger partial charge in [-0.1, -0.05) is 19.1 Å². The molecule has 1 fully saturated rings. The SMILES string of the molecule is CCC1CN(S(=O)(=O)c2cccc(C(C)O)c2)CCN1C. The van der Waals surface area contributed by atoms with E-state index in [0.29, 0.717) is 18.7 Å². The molecule has 5 nitrogen and oxygen atoms in total. The van der Waals surface area contributed by atoms with Gasteiger partial charge in [-0.3, -0.25) is 0 Å². The van der Waals surface area contributed by atoms with E-state index >= 15 is 0 Å². The van der Waals surface area contributed by atoms with Crippen LogP contribution in [0.15, 0.2) is 29.2 Å². The summed E-state index contributed by atoms with van der Waals surface area (Å²) >= 11 is 0. The van der Waals surface area contributed by atoms with Crippen LogP contribution in [0.4, 0.5) is 0 Å². The summed E-state index contributed by atoms with van der Waals surface area (Å²) in [4.78, 5) is 2.47. The fourth-order valence-corrected chi connectivity index (χ4v) is 4.18. The quantitative estimate of drug-likeness (QED) is 0.914. The molecule has 6 heteroatoms. The van der Waals surface area contributed by atoms with Crippen molar-refractivity contribution in [2.24, 2.45) is 0 Å². The topological polar surface area (TPSA) is 60.9 Å². The molecular weight excluding hydrogens is 288 g/mol. The van der Waals surface area contributed by atoms with Crippen LogP contribution in [-0.4, -0.2) is 55.5 Å². The van der Waals surface area contributed by atoms with Crippen LogP contribution in [0, 0.1) is 0 Å². The number of hydrogen-bond donors (Lipinski definition) is 1. The van der Waals surface area contributed by atoms with Crippen LogP contribution in [0.5, 0.6) is 0 Å². The number of sulfonamides is 1. The van der Waals surface area contributed by atoms with Gasteiger partial charge in [0.15, 0.2) is 0 Å². The first-order valence-corrected chi connectivity index (χ1v) is 8.78. The third-order valence-electron chi connectivity index (χ3n) is 4.19. The van der Waals surface area contributed by atoms with Gasteiger partial charge in [-0.15, -0.1) is 0 Å². The summed E-state index contributed by atoms with van der Waals surface area (Å²) in [5.41, 5.74) is 0.622. The van der Waals surface area contributed by atoms with Crippen LogP contribution in [0.1, 0.15) is 31.9 Å². The van der Waals surface area contributed by atoms with E-state index in [1.54, 1.807) is 35.5 Å². The highest BCUT2D eigenvalue weighted by Gasteiger charge is 2.32. The number of piperazine rings is 1. The van der Waals surface area contributed by atoms with Crippen molar-refractivity contribution in [3.8, 4) is 0 Å². The second kappa shape index (κ2) is 6.44. The second-order valence-electron chi connectivity index (χ2n) is 5.65. The lowest BCUT2D eigenvalue weighted by atomic mass is 10.1. The number of hydrogen-bond acceptors (Lipinski definition) is 4. The van der Waals surface area contributed by atoms with Gasteiger partial charge in [0.2, 0.25) is 10.0 Å². The van der Waals surface area contributed by atoms with Gasteiger partial charge in [0.1, 0.15) is 0 Å². The Labute approximate surface area is 127 Å². The largest absolute Gasteiger partial charge is 0.389 e. The van der Waals surface area contributed by atoms with Gasteiger partial charge in [-0.05, 0) is 38.1 Å². The van der Waals surface area contributed by atoms with Crippen LogP contribution < -0.4 is 0 Å². The van der Waals surface area contributed by atoms with Crippen molar-refractivity contribution in [3.63, 3.8) is 0 Å². The molecule has 21 heavy (non-hydrogen) atoms. The lowest BCUT2D eigenvalue weighted by Gasteiger charge is -2.38. The highest BCUT2D eigenvalue weighted by Crippen LogP contribution is 2.23. The van der Waals surface area contributed by atoms with E-state index in [0.717, 1.165) is 13.0 Å². The Morgan fingerprint density at radius 2 is 2.10 bits per heavy atom. The third kappa shape index (κ3) is 3.45. The number of likely N-dealkylation sites (N-methyl/N-ethyl adjacent to an activating group) is 1. The highest BCUT2D eigenvalue weighted by atomic mass is 32.2. The fraction of sp³-hybridized carbons (Fsp3) is 0.600. The molecular formula is C15H24N2O3S.